The highest BCUT2D eigenvalue weighted by Gasteiger charge is 2.31. The minimum Gasteiger partial charge on any atom is -0.306 e. The van der Waals surface area contributed by atoms with Gasteiger partial charge in [-0.2, -0.15) is 0 Å². The topological polar surface area (TPSA) is 101 Å². The second kappa shape index (κ2) is 9.36. The molecule has 0 radical (unpaired) electrons. The van der Waals surface area contributed by atoms with Gasteiger partial charge in [0.1, 0.15) is 0 Å². The molecule has 1 saturated carbocycles. The Morgan fingerprint density at radius 2 is 1.59 bits per heavy atom. The summed E-state index contributed by atoms with van der Waals surface area (Å²) in [6, 6.07) is 19.3. The Morgan fingerprint density at radius 3 is 2.31 bits per heavy atom. The van der Waals surface area contributed by atoms with E-state index in [2.05, 4.69) is 41.2 Å². The Kier molecular flexibility index (Phi) is 6.55. The number of nitrogens with zero attached hydrogens (tertiary/aromatic N) is 1. The summed E-state index contributed by atoms with van der Waals surface area (Å²) in [6.07, 6.45) is 3.61. The lowest BCUT2D eigenvalue weighted by molar-refractivity contribution is -0.384. The largest absolute Gasteiger partial charge is 0.306 e. The van der Waals surface area contributed by atoms with Crippen LogP contribution in [0.4, 0.5) is 5.69 Å². The Balaban J connectivity index is 1.52. The standard InChI is InChI=1S/C24H27N3O4S/c1-17(21-10-6-8-18-7-2-3-9-22(18)21)25-23-11-4-5-12-24(23)26-32(30,31)20-15-13-19(14-16-20)27(28)29/h2-3,6-10,13-17,23-26H,4-5,11-12H2,1H3. The van der Waals surface area contributed by atoms with Crippen molar-refractivity contribution in [1.82, 2.24) is 10.0 Å². The average Bonchev–Trinajstić information content (AvgIpc) is 2.80. The van der Waals surface area contributed by atoms with Crippen LogP contribution in [-0.4, -0.2) is 25.4 Å². The van der Waals surface area contributed by atoms with Gasteiger partial charge in [-0.3, -0.25) is 10.1 Å². The van der Waals surface area contributed by atoms with E-state index in [1.807, 2.05) is 18.2 Å². The third-order valence-corrected chi connectivity index (χ3v) is 7.69. The van der Waals surface area contributed by atoms with E-state index in [1.54, 1.807) is 0 Å². The van der Waals surface area contributed by atoms with E-state index in [4.69, 9.17) is 0 Å². The van der Waals surface area contributed by atoms with Crippen molar-refractivity contribution >= 4 is 26.5 Å². The number of nitro benzene ring substituents is 1. The second-order valence-electron chi connectivity index (χ2n) is 8.33. The van der Waals surface area contributed by atoms with E-state index >= 15 is 0 Å². The highest BCUT2D eigenvalue weighted by Crippen LogP contribution is 2.28. The number of sulfonamides is 1. The minimum atomic E-state index is -3.78. The summed E-state index contributed by atoms with van der Waals surface area (Å²) in [5, 5.41) is 16.9. The van der Waals surface area contributed by atoms with Crippen LogP contribution < -0.4 is 10.0 Å². The number of nitrogens with one attached hydrogen (secondary N) is 2. The van der Waals surface area contributed by atoms with Crippen molar-refractivity contribution in [2.24, 2.45) is 0 Å². The van der Waals surface area contributed by atoms with Gasteiger partial charge in [-0.15, -0.1) is 0 Å². The van der Waals surface area contributed by atoms with Gasteiger partial charge in [0.2, 0.25) is 10.0 Å². The van der Waals surface area contributed by atoms with Crippen molar-refractivity contribution in [3.63, 3.8) is 0 Å². The molecule has 2 N–H and O–H groups in total. The van der Waals surface area contributed by atoms with Crippen molar-refractivity contribution in [2.45, 2.75) is 55.6 Å². The lowest BCUT2D eigenvalue weighted by Crippen LogP contribution is -2.52. The molecule has 0 heterocycles. The SMILES string of the molecule is CC(NC1CCCCC1NS(=O)(=O)c1ccc([N+](=O)[O-])cc1)c1cccc2ccccc12. The molecule has 3 aromatic carbocycles. The first-order valence-corrected chi connectivity index (χ1v) is 12.3. The van der Waals surface area contributed by atoms with Crippen LogP contribution in [0.5, 0.6) is 0 Å². The zero-order valence-corrected chi connectivity index (χ0v) is 18.7. The van der Waals surface area contributed by atoms with Crippen LogP contribution in [0.3, 0.4) is 0 Å². The molecule has 0 spiro atoms. The molecule has 7 nitrogen and oxygen atoms in total. The number of hydrogen-bond donors (Lipinski definition) is 2. The summed E-state index contributed by atoms with van der Waals surface area (Å²) in [5.41, 5.74) is 1.05. The van der Waals surface area contributed by atoms with Crippen LogP contribution in [0.15, 0.2) is 71.6 Å². The van der Waals surface area contributed by atoms with Gasteiger partial charge in [-0.25, -0.2) is 13.1 Å². The van der Waals surface area contributed by atoms with Crippen LogP contribution in [0, 0.1) is 10.1 Å². The molecule has 0 saturated heterocycles. The monoisotopic (exact) mass is 453 g/mol. The van der Waals surface area contributed by atoms with E-state index in [1.165, 1.54) is 40.6 Å². The zero-order valence-electron chi connectivity index (χ0n) is 17.9. The number of benzene rings is 3. The Hall–Kier alpha value is -2.81. The van der Waals surface area contributed by atoms with Gasteiger partial charge in [0.15, 0.2) is 0 Å². The fourth-order valence-electron chi connectivity index (χ4n) is 4.52. The first-order chi connectivity index (χ1) is 15.3. The molecular formula is C24H27N3O4S. The molecule has 0 bridgehead atoms. The molecule has 3 unspecified atom stereocenters. The second-order valence-corrected chi connectivity index (χ2v) is 10.0. The third-order valence-electron chi connectivity index (χ3n) is 6.18. The van der Waals surface area contributed by atoms with Crippen LogP contribution >= 0.6 is 0 Å². The van der Waals surface area contributed by atoms with Crippen molar-refractivity contribution < 1.29 is 13.3 Å². The molecule has 0 aromatic heterocycles. The van der Waals surface area contributed by atoms with Crippen molar-refractivity contribution in [3.8, 4) is 0 Å². The zero-order chi connectivity index (χ0) is 22.7. The highest BCUT2D eigenvalue weighted by molar-refractivity contribution is 7.89. The van der Waals surface area contributed by atoms with E-state index in [-0.39, 0.29) is 28.7 Å². The van der Waals surface area contributed by atoms with Crippen LogP contribution in [0.1, 0.15) is 44.2 Å². The number of rotatable bonds is 7. The van der Waals surface area contributed by atoms with Gasteiger partial charge in [-0.1, -0.05) is 55.3 Å². The van der Waals surface area contributed by atoms with Crippen molar-refractivity contribution in [1.29, 1.82) is 0 Å². The van der Waals surface area contributed by atoms with Gasteiger partial charge in [0, 0.05) is 30.3 Å². The molecule has 0 aliphatic heterocycles. The minimum absolute atomic E-state index is 0.00876. The fourth-order valence-corrected chi connectivity index (χ4v) is 5.84. The summed E-state index contributed by atoms with van der Waals surface area (Å²) >= 11 is 0. The predicted octanol–water partition coefficient (Wildman–Crippen LogP) is 4.69. The lowest BCUT2D eigenvalue weighted by atomic mass is 9.89. The highest BCUT2D eigenvalue weighted by atomic mass is 32.2. The first-order valence-electron chi connectivity index (χ1n) is 10.9. The number of nitro groups is 1. The molecule has 168 valence electrons. The van der Waals surface area contributed by atoms with Crippen molar-refractivity contribution in [3.05, 3.63) is 82.4 Å². The van der Waals surface area contributed by atoms with Crippen LogP contribution in [0.2, 0.25) is 0 Å². The summed E-state index contributed by atoms with van der Waals surface area (Å²) in [5.74, 6) is 0. The smallest absolute Gasteiger partial charge is 0.269 e. The predicted molar refractivity (Wildman–Crippen MR) is 125 cm³/mol. The van der Waals surface area contributed by atoms with Gasteiger partial charge < -0.3 is 5.32 Å². The van der Waals surface area contributed by atoms with Gasteiger partial charge in [0.05, 0.1) is 9.82 Å². The van der Waals surface area contributed by atoms with Gasteiger partial charge in [-0.05, 0) is 48.2 Å². The maximum atomic E-state index is 12.9. The van der Waals surface area contributed by atoms with Gasteiger partial charge >= 0.3 is 0 Å². The molecule has 4 rings (SSSR count). The summed E-state index contributed by atoms with van der Waals surface area (Å²) in [6.45, 7) is 2.11. The van der Waals surface area contributed by atoms with E-state index in [9.17, 15) is 18.5 Å². The third kappa shape index (κ3) is 4.82. The maximum Gasteiger partial charge on any atom is 0.269 e. The molecule has 1 aliphatic carbocycles. The van der Waals surface area contributed by atoms with Gasteiger partial charge in [0.25, 0.3) is 5.69 Å². The van der Waals surface area contributed by atoms with Crippen LogP contribution in [-0.2, 0) is 10.0 Å². The summed E-state index contributed by atoms with van der Waals surface area (Å²) < 4.78 is 28.7. The molecule has 3 atom stereocenters. The van der Waals surface area contributed by atoms with E-state index in [0.717, 1.165) is 25.7 Å². The Labute approximate surface area is 188 Å². The number of non-ortho nitro benzene ring substituents is 1. The quantitative estimate of drug-likeness (QED) is 0.399. The normalized spacial score (nSPS) is 20.2. The lowest BCUT2D eigenvalue weighted by Gasteiger charge is -2.35. The molecule has 32 heavy (non-hydrogen) atoms. The number of hydrogen-bond acceptors (Lipinski definition) is 5. The number of fused-ring (bicyclic) bond motifs is 1. The Bertz CT molecular complexity index is 1210. The molecule has 1 aliphatic rings. The summed E-state index contributed by atoms with van der Waals surface area (Å²) in [4.78, 5) is 10.3. The molecule has 1 fully saturated rings. The maximum absolute atomic E-state index is 12.9. The molecular weight excluding hydrogens is 426 g/mol. The van der Waals surface area contributed by atoms with Crippen LogP contribution in [0.25, 0.3) is 10.8 Å². The summed E-state index contributed by atoms with van der Waals surface area (Å²) in [7, 11) is -3.78. The molecule has 8 heteroatoms. The first kappa shape index (κ1) is 22.4. The molecule has 0 amide bonds. The fraction of sp³-hybridized carbons (Fsp3) is 0.333. The Morgan fingerprint density at radius 1 is 0.938 bits per heavy atom. The average molecular weight is 454 g/mol. The van der Waals surface area contributed by atoms with Crippen molar-refractivity contribution in [2.75, 3.05) is 0 Å². The molecule has 3 aromatic rings. The van der Waals surface area contributed by atoms with E-state index < -0.39 is 14.9 Å². The van der Waals surface area contributed by atoms with E-state index in [0.29, 0.717) is 0 Å².